The average molecular weight is 243 g/mol. The third-order valence-electron chi connectivity index (χ3n) is 2.77. The largest absolute Gasteiger partial charge is 0.327 e. The molecule has 1 rings (SSSR count). The van der Waals surface area contributed by atoms with E-state index in [1.807, 2.05) is 0 Å². The predicted octanol–water partition coefficient (Wildman–Crippen LogP) is 2.74. The number of terminal acetylenes is 1. The lowest BCUT2D eigenvalue weighted by molar-refractivity contribution is 0.546. The van der Waals surface area contributed by atoms with Gasteiger partial charge in [-0.05, 0) is 19.3 Å². The third kappa shape index (κ3) is 4.30. The smallest absolute Gasteiger partial charge is 0.0317 e. The molecule has 1 saturated heterocycles. The van der Waals surface area contributed by atoms with Crippen molar-refractivity contribution in [3.63, 3.8) is 0 Å². The van der Waals surface area contributed by atoms with Crippen LogP contribution in [0.15, 0.2) is 0 Å². The van der Waals surface area contributed by atoms with Crippen LogP contribution in [0.25, 0.3) is 0 Å². The van der Waals surface area contributed by atoms with Crippen molar-refractivity contribution in [2.75, 3.05) is 11.5 Å². The summed E-state index contributed by atoms with van der Waals surface area (Å²) in [5.41, 5.74) is 6.25. The molecule has 0 aliphatic carbocycles. The third-order valence-corrected chi connectivity index (χ3v) is 6.20. The van der Waals surface area contributed by atoms with Gasteiger partial charge in [0.1, 0.15) is 0 Å². The van der Waals surface area contributed by atoms with E-state index in [0.29, 0.717) is 11.3 Å². The van der Waals surface area contributed by atoms with Crippen LogP contribution in [0, 0.1) is 12.3 Å². The summed E-state index contributed by atoms with van der Waals surface area (Å²) in [5.74, 6) is 5.23. The van der Waals surface area contributed by atoms with Gasteiger partial charge >= 0.3 is 0 Å². The molecule has 1 aliphatic rings. The Labute approximate surface area is 102 Å². The lowest BCUT2D eigenvalue weighted by Gasteiger charge is -2.34. The van der Waals surface area contributed by atoms with Gasteiger partial charge in [0.25, 0.3) is 0 Å². The van der Waals surface area contributed by atoms with Crippen LogP contribution in [-0.4, -0.2) is 28.0 Å². The molecule has 3 heteroatoms. The second-order valence-corrected chi connectivity index (χ2v) is 6.55. The fourth-order valence-corrected chi connectivity index (χ4v) is 5.17. The average Bonchev–Trinajstić information content (AvgIpc) is 2.29. The number of hydrogen-bond acceptors (Lipinski definition) is 3. The molecule has 0 aromatic carbocycles. The highest BCUT2D eigenvalue weighted by molar-refractivity contribution is 8.07. The van der Waals surface area contributed by atoms with Gasteiger partial charge in [0.2, 0.25) is 0 Å². The maximum absolute atomic E-state index is 6.25. The minimum absolute atomic E-state index is 0.334. The number of hydrogen-bond donors (Lipinski definition) is 1. The standard InChI is InChI=1S/C12H21NS2/c1-3-5-6-7-10(13)12-11(4-2)14-8-9-15-12/h1,10-12H,4-9,13H2,2H3. The van der Waals surface area contributed by atoms with E-state index in [9.17, 15) is 0 Å². The van der Waals surface area contributed by atoms with E-state index in [1.54, 1.807) is 0 Å². The van der Waals surface area contributed by atoms with E-state index in [0.717, 1.165) is 24.5 Å². The monoisotopic (exact) mass is 243 g/mol. The van der Waals surface area contributed by atoms with Crippen LogP contribution >= 0.6 is 23.5 Å². The minimum Gasteiger partial charge on any atom is -0.327 e. The Morgan fingerprint density at radius 3 is 2.87 bits per heavy atom. The molecule has 1 heterocycles. The Bertz CT molecular complexity index is 212. The van der Waals surface area contributed by atoms with Crippen LogP contribution < -0.4 is 5.73 Å². The van der Waals surface area contributed by atoms with Gasteiger partial charge in [0.15, 0.2) is 0 Å². The first-order valence-corrected chi connectivity index (χ1v) is 7.81. The summed E-state index contributed by atoms with van der Waals surface area (Å²) in [6, 6.07) is 0.334. The van der Waals surface area contributed by atoms with Crippen LogP contribution in [0.4, 0.5) is 0 Å². The highest BCUT2D eigenvalue weighted by Crippen LogP contribution is 2.35. The second-order valence-electron chi connectivity index (χ2n) is 3.91. The molecule has 0 radical (unpaired) electrons. The maximum Gasteiger partial charge on any atom is 0.0317 e. The van der Waals surface area contributed by atoms with Gasteiger partial charge in [0, 0.05) is 34.5 Å². The van der Waals surface area contributed by atoms with E-state index >= 15 is 0 Å². The first-order chi connectivity index (χ1) is 7.29. The van der Waals surface area contributed by atoms with Gasteiger partial charge in [-0.2, -0.15) is 23.5 Å². The molecule has 0 aromatic heterocycles. The SMILES string of the molecule is C#CCCCC(N)C1SCCSC1CC. The summed E-state index contributed by atoms with van der Waals surface area (Å²) >= 11 is 4.16. The van der Waals surface area contributed by atoms with E-state index in [2.05, 4.69) is 36.4 Å². The van der Waals surface area contributed by atoms with Crippen molar-refractivity contribution in [2.45, 2.75) is 49.1 Å². The molecule has 3 atom stereocenters. The van der Waals surface area contributed by atoms with Crippen LogP contribution in [0.1, 0.15) is 32.6 Å². The van der Waals surface area contributed by atoms with Crippen LogP contribution in [0.2, 0.25) is 0 Å². The quantitative estimate of drug-likeness (QED) is 0.594. The van der Waals surface area contributed by atoms with Gasteiger partial charge in [-0.15, -0.1) is 12.3 Å². The van der Waals surface area contributed by atoms with E-state index < -0.39 is 0 Å². The van der Waals surface area contributed by atoms with Crippen molar-refractivity contribution in [3.8, 4) is 12.3 Å². The van der Waals surface area contributed by atoms with Crippen molar-refractivity contribution in [1.29, 1.82) is 0 Å². The number of rotatable bonds is 5. The van der Waals surface area contributed by atoms with Crippen LogP contribution in [0.3, 0.4) is 0 Å². The zero-order chi connectivity index (χ0) is 11.1. The molecule has 0 aromatic rings. The molecule has 0 bridgehead atoms. The highest BCUT2D eigenvalue weighted by Gasteiger charge is 2.29. The van der Waals surface area contributed by atoms with Crippen LogP contribution in [0.5, 0.6) is 0 Å². The Balaban J connectivity index is 2.34. The Morgan fingerprint density at radius 2 is 2.20 bits per heavy atom. The molecular formula is C12H21NS2. The molecule has 86 valence electrons. The van der Waals surface area contributed by atoms with Gasteiger partial charge in [0.05, 0.1) is 0 Å². The summed E-state index contributed by atoms with van der Waals surface area (Å²) in [4.78, 5) is 0. The Morgan fingerprint density at radius 1 is 1.47 bits per heavy atom. The predicted molar refractivity (Wildman–Crippen MR) is 73.4 cm³/mol. The van der Waals surface area contributed by atoms with Crippen molar-refractivity contribution >= 4 is 23.5 Å². The van der Waals surface area contributed by atoms with E-state index in [1.165, 1.54) is 17.9 Å². The summed E-state index contributed by atoms with van der Waals surface area (Å²) < 4.78 is 0. The normalized spacial score (nSPS) is 28.3. The fraction of sp³-hybridized carbons (Fsp3) is 0.833. The Kier molecular flexibility index (Phi) is 6.63. The number of nitrogens with two attached hydrogens (primary N) is 1. The minimum atomic E-state index is 0.334. The maximum atomic E-state index is 6.25. The molecule has 1 nitrogen and oxygen atoms in total. The highest BCUT2D eigenvalue weighted by atomic mass is 32.2. The Hall–Kier alpha value is 0.220. The summed E-state index contributed by atoms with van der Waals surface area (Å²) in [6.07, 6.45) is 9.52. The lowest BCUT2D eigenvalue weighted by atomic mass is 10.0. The lowest BCUT2D eigenvalue weighted by Crippen LogP contribution is -2.41. The molecular weight excluding hydrogens is 222 g/mol. The molecule has 0 saturated carbocycles. The first-order valence-electron chi connectivity index (χ1n) is 5.71. The molecule has 1 aliphatic heterocycles. The van der Waals surface area contributed by atoms with Crippen molar-refractivity contribution < 1.29 is 0 Å². The van der Waals surface area contributed by atoms with Gasteiger partial charge in [-0.1, -0.05) is 6.92 Å². The molecule has 1 fully saturated rings. The number of thioether (sulfide) groups is 2. The van der Waals surface area contributed by atoms with Gasteiger partial charge < -0.3 is 5.73 Å². The first kappa shape index (κ1) is 13.3. The molecule has 0 spiro atoms. The van der Waals surface area contributed by atoms with Crippen molar-refractivity contribution in [3.05, 3.63) is 0 Å². The summed E-state index contributed by atoms with van der Waals surface area (Å²) in [7, 11) is 0. The van der Waals surface area contributed by atoms with Crippen molar-refractivity contribution in [2.24, 2.45) is 5.73 Å². The second kappa shape index (κ2) is 7.49. The molecule has 0 amide bonds. The molecule has 3 unspecified atom stereocenters. The summed E-state index contributed by atoms with van der Waals surface area (Å²) in [6.45, 7) is 2.27. The van der Waals surface area contributed by atoms with E-state index in [4.69, 9.17) is 12.2 Å². The van der Waals surface area contributed by atoms with Crippen molar-refractivity contribution in [1.82, 2.24) is 0 Å². The van der Waals surface area contributed by atoms with Gasteiger partial charge in [-0.3, -0.25) is 0 Å². The molecule has 2 N–H and O–H groups in total. The molecule has 15 heavy (non-hydrogen) atoms. The number of unbranched alkanes of at least 4 members (excludes halogenated alkanes) is 1. The zero-order valence-electron chi connectivity index (χ0n) is 9.45. The fourth-order valence-electron chi connectivity index (χ4n) is 1.94. The zero-order valence-corrected chi connectivity index (χ0v) is 11.1. The van der Waals surface area contributed by atoms with Crippen LogP contribution in [-0.2, 0) is 0 Å². The van der Waals surface area contributed by atoms with E-state index in [-0.39, 0.29) is 0 Å². The topological polar surface area (TPSA) is 26.0 Å². The summed E-state index contributed by atoms with van der Waals surface area (Å²) in [5, 5.41) is 1.40. The van der Waals surface area contributed by atoms with Gasteiger partial charge in [-0.25, -0.2) is 0 Å².